The summed E-state index contributed by atoms with van der Waals surface area (Å²) >= 11 is 23.7. The Kier molecular flexibility index (Phi) is 8.25. The summed E-state index contributed by atoms with van der Waals surface area (Å²) in [5, 5.41) is 9.18. The van der Waals surface area contributed by atoms with Crippen LogP contribution in [-0.4, -0.2) is 24.2 Å². The minimum atomic E-state index is -0.468. The predicted molar refractivity (Wildman–Crippen MR) is 129 cm³/mol. The van der Waals surface area contributed by atoms with Gasteiger partial charge < -0.3 is 0 Å². The molecular weight excluding hydrogens is 494 g/mol. The molecule has 6 nitrogen and oxygen atoms in total. The summed E-state index contributed by atoms with van der Waals surface area (Å²) in [6.07, 6.45) is 2.93. The summed E-state index contributed by atoms with van der Waals surface area (Å²) in [6, 6.07) is 16.2. The second kappa shape index (κ2) is 11.1. The lowest BCUT2D eigenvalue weighted by atomic mass is 10.1. The van der Waals surface area contributed by atoms with E-state index in [1.165, 1.54) is 36.7 Å². The number of amides is 2. The number of benzene rings is 3. The van der Waals surface area contributed by atoms with Crippen molar-refractivity contribution in [3.8, 4) is 0 Å². The van der Waals surface area contributed by atoms with Crippen molar-refractivity contribution in [1.29, 1.82) is 0 Å². The van der Waals surface area contributed by atoms with Crippen LogP contribution < -0.4 is 10.9 Å². The molecule has 3 rings (SSSR count). The number of nitrogens with zero attached hydrogens (tertiary/aromatic N) is 2. The minimum absolute atomic E-state index is 0.227. The van der Waals surface area contributed by atoms with Crippen LogP contribution in [0.3, 0.4) is 0 Å². The molecule has 0 aromatic heterocycles. The molecule has 0 unspecified atom stereocenters. The van der Waals surface area contributed by atoms with Gasteiger partial charge in [0.05, 0.1) is 33.6 Å². The third-order valence-corrected chi connectivity index (χ3v) is 5.12. The Morgan fingerprint density at radius 3 is 1.50 bits per heavy atom. The van der Waals surface area contributed by atoms with Gasteiger partial charge in [-0.05, 0) is 53.6 Å². The largest absolute Gasteiger partial charge is 0.272 e. The summed E-state index contributed by atoms with van der Waals surface area (Å²) in [5.74, 6) is -0.937. The van der Waals surface area contributed by atoms with Gasteiger partial charge in [0.2, 0.25) is 0 Å². The van der Waals surface area contributed by atoms with E-state index in [0.29, 0.717) is 21.2 Å². The smallest absolute Gasteiger partial charge is 0.267 e. The molecule has 32 heavy (non-hydrogen) atoms. The van der Waals surface area contributed by atoms with Crippen LogP contribution in [0.2, 0.25) is 20.1 Å². The van der Waals surface area contributed by atoms with Gasteiger partial charge in [-0.3, -0.25) is 9.59 Å². The number of carbonyl (C=O) groups excluding carboxylic acids is 2. The zero-order valence-corrected chi connectivity index (χ0v) is 19.2. The third kappa shape index (κ3) is 6.55. The highest BCUT2D eigenvalue weighted by molar-refractivity contribution is 6.37. The van der Waals surface area contributed by atoms with Gasteiger partial charge in [-0.25, -0.2) is 10.9 Å². The first-order valence-electron chi connectivity index (χ1n) is 9.00. The van der Waals surface area contributed by atoms with Crippen molar-refractivity contribution >= 4 is 70.6 Å². The van der Waals surface area contributed by atoms with Crippen LogP contribution in [0.4, 0.5) is 0 Å². The number of halogens is 4. The normalized spacial score (nSPS) is 11.1. The quantitative estimate of drug-likeness (QED) is 0.325. The molecule has 0 aliphatic rings. The summed E-state index contributed by atoms with van der Waals surface area (Å²) < 4.78 is 0. The Morgan fingerprint density at radius 1 is 0.656 bits per heavy atom. The second-order valence-electron chi connectivity index (χ2n) is 6.32. The lowest BCUT2D eigenvalue weighted by molar-refractivity contribution is 0.0947. The maximum Gasteiger partial charge on any atom is 0.272 e. The van der Waals surface area contributed by atoms with Gasteiger partial charge in [-0.15, -0.1) is 0 Å². The van der Waals surface area contributed by atoms with Crippen molar-refractivity contribution < 1.29 is 9.59 Å². The molecule has 0 saturated carbocycles. The molecule has 0 saturated heterocycles. The molecule has 0 aliphatic carbocycles. The van der Waals surface area contributed by atoms with Crippen molar-refractivity contribution in [2.24, 2.45) is 10.2 Å². The number of carbonyl (C=O) groups is 2. The number of nitrogens with one attached hydrogen (secondary N) is 2. The second-order valence-corrected chi connectivity index (χ2v) is 8.00. The van der Waals surface area contributed by atoms with E-state index in [2.05, 4.69) is 21.1 Å². The first-order chi connectivity index (χ1) is 15.3. The Hall–Kier alpha value is -2.90. The SMILES string of the molecule is O=C(N/N=C\c1cccc(/C=N\NC(=O)c2ccc(Cl)cc2Cl)c1)c1ccc(Cl)cc1Cl. The fourth-order valence-electron chi connectivity index (χ4n) is 2.52. The summed E-state index contributed by atoms with van der Waals surface area (Å²) in [5.41, 5.74) is 6.71. The van der Waals surface area contributed by atoms with Crippen LogP contribution in [0.15, 0.2) is 70.9 Å². The van der Waals surface area contributed by atoms with Gasteiger partial charge >= 0.3 is 0 Å². The molecule has 0 heterocycles. The van der Waals surface area contributed by atoms with Crippen LogP contribution in [0.5, 0.6) is 0 Å². The van der Waals surface area contributed by atoms with E-state index in [0.717, 1.165) is 0 Å². The van der Waals surface area contributed by atoms with E-state index < -0.39 is 11.8 Å². The molecule has 0 bridgehead atoms. The van der Waals surface area contributed by atoms with Crippen molar-refractivity contribution in [1.82, 2.24) is 10.9 Å². The maximum absolute atomic E-state index is 12.2. The Bertz CT molecular complexity index is 1140. The number of hydrazone groups is 2. The molecule has 2 N–H and O–H groups in total. The van der Waals surface area contributed by atoms with Crippen LogP contribution >= 0.6 is 46.4 Å². The van der Waals surface area contributed by atoms with E-state index >= 15 is 0 Å². The summed E-state index contributed by atoms with van der Waals surface area (Å²) in [7, 11) is 0. The molecule has 3 aromatic rings. The average Bonchev–Trinajstić information content (AvgIpc) is 2.74. The molecule has 0 radical (unpaired) electrons. The molecule has 0 spiro atoms. The predicted octanol–water partition coefficient (Wildman–Crippen LogP) is 5.83. The Labute approximate surface area is 203 Å². The lowest BCUT2D eigenvalue weighted by Crippen LogP contribution is -2.18. The standard InChI is InChI=1S/C22H14Cl4N4O2/c23-15-4-6-17(19(25)9-15)21(31)29-27-11-13-2-1-3-14(8-13)12-28-30-22(32)18-7-5-16(24)10-20(18)26/h1-12H,(H,29,31)(H,30,32)/b27-11-,28-12-. The summed E-state index contributed by atoms with van der Waals surface area (Å²) in [6.45, 7) is 0. The molecule has 162 valence electrons. The first-order valence-corrected chi connectivity index (χ1v) is 10.5. The molecule has 2 amide bonds. The highest BCUT2D eigenvalue weighted by Gasteiger charge is 2.10. The van der Waals surface area contributed by atoms with E-state index in [1.54, 1.807) is 36.4 Å². The molecular formula is C22H14Cl4N4O2. The van der Waals surface area contributed by atoms with Crippen LogP contribution in [0, 0.1) is 0 Å². The zero-order valence-electron chi connectivity index (χ0n) is 16.2. The highest BCUT2D eigenvalue weighted by atomic mass is 35.5. The highest BCUT2D eigenvalue weighted by Crippen LogP contribution is 2.21. The van der Waals surface area contributed by atoms with Crippen LogP contribution in [0.1, 0.15) is 31.8 Å². The molecule has 10 heteroatoms. The monoisotopic (exact) mass is 506 g/mol. The topological polar surface area (TPSA) is 82.9 Å². The van der Waals surface area contributed by atoms with Crippen molar-refractivity contribution in [2.45, 2.75) is 0 Å². The van der Waals surface area contributed by atoms with Gasteiger partial charge in [0.25, 0.3) is 11.8 Å². The molecule has 0 aliphatic heterocycles. The molecule has 0 fully saturated rings. The minimum Gasteiger partial charge on any atom is -0.267 e. The van der Waals surface area contributed by atoms with E-state index in [4.69, 9.17) is 46.4 Å². The number of hydrogen-bond acceptors (Lipinski definition) is 4. The number of hydrogen-bond donors (Lipinski definition) is 2. The van der Waals surface area contributed by atoms with Crippen LogP contribution in [-0.2, 0) is 0 Å². The number of rotatable bonds is 6. The van der Waals surface area contributed by atoms with E-state index in [-0.39, 0.29) is 21.2 Å². The van der Waals surface area contributed by atoms with E-state index in [1.807, 2.05) is 0 Å². The lowest BCUT2D eigenvalue weighted by Gasteiger charge is -2.03. The Balaban J connectivity index is 1.60. The fraction of sp³-hybridized carbons (Fsp3) is 0. The van der Waals surface area contributed by atoms with Gasteiger partial charge in [0.15, 0.2) is 0 Å². The molecule has 0 atom stereocenters. The molecule has 3 aromatic carbocycles. The first kappa shape index (κ1) is 23.8. The average molecular weight is 508 g/mol. The van der Waals surface area contributed by atoms with Gasteiger partial charge in [-0.1, -0.05) is 64.6 Å². The van der Waals surface area contributed by atoms with E-state index in [9.17, 15) is 9.59 Å². The van der Waals surface area contributed by atoms with Gasteiger partial charge in [0, 0.05) is 10.0 Å². The van der Waals surface area contributed by atoms with Crippen LogP contribution in [0.25, 0.3) is 0 Å². The summed E-state index contributed by atoms with van der Waals surface area (Å²) in [4.78, 5) is 24.3. The van der Waals surface area contributed by atoms with Gasteiger partial charge in [0.1, 0.15) is 0 Å². The Morgan fingerprint density at radius 2 is 1.09 bits per heavy atom. The van der Waals surface area contributed by atoms with Crippen molar-refractivity contribution in [3.63, 3.8) is 0 Å². The third-order valence-electron chi connectivity index (χ3n) is 4.02. The maximum atomic E-state index is 12.2. The fourth-order valence-corrected chi connectivity index (χ4v) is 3.51. The van der Waals surface area contributed by atoms with Crippen molar-refractivity contribution in [2.75, 3.05) is 0 Å². The van der Waals surface area contributed by atoms with Gasteiger partial charge in [-0.2, -0.15) is 10.2 Å². The zero-order chi connectivity index (χ0) is 23.1. The van der Waals surface area contributed by atoms with Crippen molar-refractivity contribution in [3.05, 3.63) is 103 Å².